The number of halogens is 1. The lowest BCUT2D eigenvalue weighted by Crippen LogP contribution is -2.11. The zero-order valence-corrected chi connectivity index (χ0v) is 22.7. The molecule has 0 saturated heterocycles. The molecule has 0 fully saturated rings. The smallest absolute Gasteiger partial charge is 0.131 e. The highest BCUT2D eigenvalue weighted by molar-refractivity contribution is 5.85. The molecule has 3 heteroatoms. The van der Waals surface area contributed by atoms with Gasteiger partial charge < -0.3 is 9.47 Å². The van der Waals surface area contributed by atoms with Crippen LogP contribution in [0.4, 0.5) is 4.39 Å². The molecule has 2 aliphatic carbocycles. The molecule has 194 valence electrons. The Bertz CT molecular complexity index is 1300. The number of benzene rings is 3. The Hall–Kier alpha value is -3.07. The number of ether oxygens (including phenoxy) is 2. The van der Waals surface area contributed by atoms with Crippen molar-refractivity contribution in [1.82, 2.24) is 0 Å². The van der Waals surface area contributed by atoms with E-state index in [0.29, 0.717) is 23.8 Å². The van der Waals surface area contributed by atoms with Crippen LogP contribution in [0, 0.1) is 11.2 Å². The van der Waals surface area contributed by atoms with Gasteiger partial charge in [-0.15, -0.1) is 0 Å². The van der Waals surface area contributed by atoms with Gasteiger partial charge in [-0.25, -0.2) is 4.39 Å². The van der Waals surface area contributed by atoms with Gasteiger partial charge in [0.05, 0.1) is 7.11 Å². The average molecular weight is 499 g/mol. The van der Waals surface area contributed by atoms with E-state index in [1.54, 1.807) is 19.2 Å². The first kappa shape index (κ1) is 25.6. The van der Waals surface area contributed by atoms with Crippen molar-refractivity contribution in [3.05, 3.63) is 88.7 Å². The first-order valence-corrected chi connectivity index (χ1v) is 13.8. The molecule has 1 atom stereocenters. The third kappa shape index (κ3) is 5.32. The molecule has 2 aliphatic rings. The van der Waals surface area contributed by atoms with Crippen molar-refractivity contribution in [3.8, 4) is 22.6 Å². The highest BCUT2D eigenvalue weighted by Gasteiger charge is 2.30. The Labute approximate surface area is 221 Å². The summed E-state index contributed by atoms with van der Waals surface area (Å²) in [5.41, 5.74) is 7.93. The van der Waals surface area contributed by atoms with E-state index in [4.69, 9.17) is 9.47 Å². The molecule has 3 aromatic rings. The number of hydrogen-bond acceptors (Lipinski definition) is 2. The van der Waals surface area contributed by atoms with E-state index in [0.717, 1.165) is 35.3 Å². The van der Waals surface area contributed by atoms with Crippen molar-refractivity contribution in [3.63, 3.8) is 0 Å². The third-order valence-electron chi connectivity index (χ3n) is 8.28. The van der Waals surface area contributed by atoms with Crippen LogP contribution in [0.2, 0.25) is 0 Å². The molecule has 0 N–H and O–H groups in total. The van der Waals surface area contributed by atoms with Crippen LogP contribution in [0.5, 0.6) is 11.5 Å². The molecule has 2 nitrogen and oxygen atoms in total. The predicted molar refractivity (Wildman–Crippen MR) is 151 cm³/mol. The van der Waals surface area contributed by atoms with Crippen LogP contribution in [-0.4, -0.2) is 7.11 Å². The highest BCUT2D eigenvalue weighted by Crippen LogP contribution is 2.47. The van der Waals surface area contributed by atoms with E-state index < -0.39 is 0 Å². The summed E-state index contributed by atoms with van der Waals surface area (Å²) in [5, 5.41) is 0. The molecule has 0 radical (unpaired) electrons. The molecule has 0 aromatic heterocycles. The van der Waals surface area contributed by atoms with Gasteiger partial charge in [-0.3, -0.25) is 0 Å². The van der Waals surface area contributed by atoms with Crippen molar-refractivity contribution < 1.29 is 13.9 Å². The zero-order chi connectivity index (χ0) is 26.0. The van der Waals surface area contributed by atoms with Crippen molar-refractivity contribution in [1.29, 1.82) is 0 Å². The van der Waals surface area contributed by atoms with Gasteiger partial charge in [-0.2, -0.15) is 0 Å². The van der Waals surface area contributed by atoms with Crippen molar-refractivity contribution >= 4 is 5.57 Å². The van der Waals surface area contributed by atoms with Crippen molar-refractivity contribution in [2.75, 3.05) is 7.11 Å². The van der Waals surface area contributed by atoms with Crippen molar-refractivity contribution in [2.45, 2.75) is 78.2 Å². The normalized spacial score (nSPS) is 18.3. The molecule has 0 aliphatic heterocycles. The van der Waals surface area contributed by atoms with Gasteiger partial charge in [-0.1, -0.05) is 51.5 Å². The standard InChI is InChI=1S/C34H39FO2/c1-5-8-24-9-6-10-25-13-14-27(21-29(24)25)37-22-23-12-16-28(31-20-26(36-4)15-17-33(31)35)30(19-23)32-11-7-18-34(32,2)3/h11-17,19-21,24H,5-10,18,22H2,1-4H3. The molecular formula is C34H39FO2. The van der Waals surface area contributed by atoms with Crippen LogP contribution in [0.25, 0.3) is 16.7 Å². The maximum atomic E-state index is 15.0. The lowest BCUT2D eigenvalue weighted by atomic mass is 9.79. The van der Waals surface area contributed by atoms with Gasteiger partial charge in [0.1, 0.15) is 23.9 Å². The van der Waals surface area contributed by atoms with Crippen LogP contribution >= 0.6 is 0 Å². The molecule has 0 bridgehead atoms. The monoisotopic (exact) mass is 498 g/mol. The fraction of sp³-hybridized carbons (Fsp3) is 0.412. The zero-order valence-electron chi connectivity index (χ0n) is 22.7. The van der Waals surface area contributed by atoms with Crippen LogP contribution < -0.4 is 9.47 Å². The Morgan fingerprint density at radius 2 is 1.78 bits per heavy atom. The topological polar surface area (TPSA) is 18.5 Å². The van der Waals surface area contributed by atoms with Gasteiger partial charge in [0, 0.05) is 5.56 Å². The molecule has 0 spiro atoms. The fourth-order valence-electron chi connectivity index (χ4n) is 6.22. The van der Waals surface area contributed by atoms with E-state index in [2.05, 4.69) is 57.2 Å². The van der Waals surface area contributed by atoms with Gasteiger partial charge in [0.25, 0.3) is 0 Å². The molecular weight excluding hydrogens is 459 g/mol. The summed E-state index contributed by atoms with van der Waals surface area (Å²) < 4.78 is 26.8. The van der Waals surface area contributed by atoms with Crippen LogP contribution in [0.15, 0.2) is 60.7 Å². The van der Waals surface area contributed by atoms with Crippen LogP contribution in [-0.2, 0) is 13.0 Å². The van der Waals surface area contributed by atoms with Crippen LogP contribution in [0.1, 0.15) is 87.5 Å². The lowest BCUT2D eigenvalue weighted by Gasteiger charge is -2.26. The fourth-order valence-corrected chi connectivity index (χ4v) is 6.22. The summed E-state index contributed by atoms with van der Waals surface area (Å²) in [6.45, 7) is 7.31. The number of fused-ring (bicyclic) bond motifs is 1. The highest BCUT2D eigenvalue weighted by atomic mass is 19.1. The Kier molecular flexibility index (Phi) is 7.42. The number of allylic oxidation sites excluding steroid dienone is 2. The molecule has 0 saturated carbocycles. The van der Waals surface area contributed by atoms with Gasteiger partial charge >= 0.3 is 0 Å². The van der Waals surface area contributed by atoms with Gasteiger partial charge in [0.15, 0.2) is 0 Å². The lowest BCUT2D eigenvalue weighted by molar-refractivity contribution is 0.305. The Morgan fingerprint density at radius 1 is 0.946 bits per heavy atom. The van der Waals surface area contributed by atoms with Gasteiger partial charge in [-0.05, 0) is 120 Å². The van der Waals surface area contributed by atoms with Crippen molar-refractivity contribution in [2.24, 2.45) is 5.41 Å². The first-order valence-electron chi connectivity index (χ1n) is 13.8. The SMILES string of the molecule is CCCC1CCCc2ccc(OCc3ccc(-c4cc(OC)ccc4F)c(C4=CCCC4(C)C)c3)cc21. The predicted octanol–water partition coefficient (Wildman–Crippen LogP) is 9.50. The van der Waals surface area contributed by atoms with E-state index in [1.165, 1.54) is 54.9 Å². The number of rotatable bonds is 8. The summed E-state index contributed by atoms with van der Waals surface area (Å²) in [6, 6.07) is 17.9. The van der Waals surface area contributed by atoms with E-state index in [-0.39, 0.29) is 11.2 Å². The third-order valence-corrected chi connectivity index (χ3v) is 8.28. The molecule has 3 aromatic carbocycles. The molecule has 1 unspecified atom stereocenters. The maximum Gasteiger partial charge on any atom is 0.131 e. The molecule has 5 rings (SSSR count). The summed E-state index contributed by atoms with van der Waals surface area (Å²) >= 11 is 0. The summed E-state index contributed by atoms with van der Waals surface area (Å²) in [4.78, 5) is 0. The largest absolute Gasteiger partial charge is 0.497 e. The minimum absolute atomic E-state index is 0.0381. The molecule has 37 heavy (non-hydrogen) atoms. The molecule has 0 heterocycles. The first-order chi connectivity index (χ1) is 17.9. The van der Waals surface area contributed by atoms with Gasteiger partial charge in [0.2, 0.25) is 0 Å². The Balaban J connectivity index is 1.46. The quantitative estimate of drug-likeness (QED) is 0.308. The summed E-state index contributed by atoms with van der Waals surface area (Å²) in [6.07, 6.45) is 10.6. The number of methoxy groups -OCH3 is 1. The second-order valence-electron chi connectivity index (χ2n) is 11.3. The second-order valence-corrected chi connectivity index (χ2v) is 11.3. The second kappa shape index (κ2) is 10.7. The van der Waals surface area contributed by atoms with E-state index in [9.17, 15) is 0 Å². The molecule has 0 amide bonds. The summed E-state index contributed by atoms with van der Waals surface area (Å²) in [7, 11) is 1.62. The number of hydrogen-bond donors (Lipinski definition) is 0. The average Bonchev–Trinajstić information content (AvgIpc) is 3.26. The minimum Gasteiger partial charge on any atom is -0.497 e. The Morgan fingerprint density at radius 3 is 2.54 bits per heavy atom. The maximum absolute atomic E-state index is 15.0. The van der Waals surface area contributed by atoms with E-state index >= 15 is 4.39 Å². The van der Waals surface area contributed by atoms with Crippen LogP contribution in [0.3, 0.4) is 0 Å². The number of aryl methyl sites for hydroxylation is 1. The summed E-state index contributed by atoms with van der Waals surface area (Å²) in [5.74, 6) is 2.01. The minimum atomic E-state index is -0.238. The van der Waals surface area contributed by atoms with E-state index in [1.807, 2.05) is 6.07 Å².